The lowest BCUT2D eigenvalue weighted by Crippen LogP contribution is -2.34. The van der Waals surface area contributed by atoms with Gasteiger partial charge in [0, 0.05) is 23.5 Å². The minimum absolute atomic E-state index is 0.0237. The van der Waals surface area contributed by atoms with Gasteiger partial charge in [-0.2, -0.15) is 0 Å². The van der Waals surface area contributed by atoms with Gasteiger partial charge in [-0.05, 0) is 61.8 Å². The fraction of sp³-hybridized carbons (Fsp3) is 0.261. The van der Waals surface area contributed by atoms with E-state index in [0.29, 0.717) is 25.2 Å². The summed E-state index contributed by atoms with van der Waals surface area (Å²) in [6.45, 7) is 0.746. The monoisotopic (exact) mass is 489 g/mol. The highest BCUT2D eigenvalue weighted by Gasteiger charge is 2.32. The second-order valence-corrected chi connectivity index (χ2v) is 11.0. The van der Waals surface area contributed by atoms with Crippen LogP contribution in [0.25, 0.3) is 0 Å². The van der Waals surface area contributed by atoms with Crippen LogP contribution in [0.1, 0.15) is 26.8 Å². The first-order chi connectivity index (χ1) is 15.3. The third-order valence-electron chi connectivity index (χ3n) is 5.56. The van der Waals surface area contributed by atoms with E-state index in [1.807, 2.05) is 54.7 Å². The molecule has 32 heavy (non-hydrogen) atoms. The van der Waals surface area contributed by atoms with Crippen molar-refractivity contribution in [3.63, 3.8) is 0 Å². The third-order valence-corrected chi connectivity index (χ3v) is 8.83. The van der Waals surface area contributed by atoms with Crippen LogP contribution in [-0.4, -0.2) is 46.4 Å². The number of hydrogen-bond acceptors (Lipinski definition) is 5. The van der Waals surface area contributed by atoms with Crippen molar-refractivity contribution < 1.29 is 13.2 Å². The molecular formula is C23H24ClN3O3S2. The van der Waals surface area contributed by atoms with Crippen LogP contribution < -0.4 is 9.62 Å². The van der Waals surface area contributed by atoms with Crippen LogP contribution in [0, 0.1) is 0 Å². The van der Waals surface area contributed by atoms with Crippen LogP contribution in [0.3, 0.4) is 0 Å². The Hall–Kier alpha value is -2.39. The standard InChI is InChI=1S/C23H24ClN3O3S2/c1-26(2)20(21-8-5-13-31-21)15-25-23(28)17-9-10-18(24)22(14-17)32(29,30)27-12-11-16-6-3-4-7-19(16)27/h3-10,13-14,20H,11-12,15H2,1-2H3,(H,25,28). The maximum Gasteiger partial charge on any atom is 0.265 e. The van der Waals surface area contributed by atoms with Crippen molar-refractivity contribution in [2.75, 3.05) is 31.5 Å². The molecule has 1 aromatic heterocycles. The van der Waals surface area contributed by atoms with E-state index in [9.17, 15) is 13.2 Å². The molecule has 6 nitrogen and oxygen atoms in total. The van der Waals surface area contributed by atoms with Crippen LogP contribution in [0.15, 0.2) is 64.9 Å². The zero-order valence-electron chi connectivity index (χ0n) is 17.8. The summed E-state index contributed by atoms with van der Waals surface area (Å²) in [5.41, 5.74) is 1.89. The summed E-state index contributed by atoms with van der Waals surface area (Å²) in [4.78, 5) is 16.0. The molecule has 0 aliphatic carbocycles. The Morgan fingerprint density at radius 2 is 1.97 bits per heavy atom. The highest BCUT2D eigenvalue weighted by Crippen LogP contribution is 2.35. The molecule has 9 heteroatoms. The molecule has 1 atom stereocenters. The van der Waals surface area contributed by atoms with Gasteiger partial charge in [-0.25, -0.2) is 8.42 Å². The van der Waals surface area contributed by atoms with Gasteiger partial charge in [0.15, 0.2) is 0 Å². The lowest BCUT2D eigenvalue weighted by Gasteiger charge is -2.24. The predicted molar refractivity (Wildman–Crippen MR) is 129 cm³/mol. The summed E-state index contributed by atoms with van der Waals surface area (Å²) in [5, 5.41) is 5.02. The molecule has 4 rings (SSSR count). The number of halogens is 1. The van der Waals surface area contributed by atoms with Gasteiger partial charge < -0.3 is 10.2 Å². The number of nitrogens with one attached hydrogen (secondary N) is 1. The lowest BCUT2D eigenvalue weighted by atomic mass is 10.2. The molecule has 1 unspecified atom stereocenters. The zero-order valence-corrected chi connectivity index (χ0v) is 20.2. The van der Waals surface area contributed by atoms with E-state index >= 15 is 0 Å². The molecule has 0 saturated heterocycles. The first-order valence-electron chi connectivity index (χ1n) is 10.2. The van der Waals surface area contributed by atoms with Gasteiger partial charge in [0.1, 0.15) is 4.90 Å². The molecule has 0 saturated carbocycles. The van der Waals surface area contributed by atoms with Crippen molar-refractivity contribution in [1.82, 2.24) is 10.2 Å². The molecular weight excluding hydrogens is 466 g/mol. The van der Waals surface area contributed by atoms with Crippen molar-refractivity contribution in [2.45, 2.75) is 17.4 Å². The van der Waals surface area contributed by atoms with Gasteiger partial charge in [0.25, 0.3) is 15.9 Å². The van der Waals surface area contributed by atoms with Crippen LogP contribution in [-0.2, 0) is 16.4 Å². The van der Waals surface area contributed by atoms with Gasteiger partial charge in [-0.1, -0.05) is 35.9 Å². The fourth-order valence-electron chi connectivity index (χ4n) is 3.83. The maximum absolute atomic E-state index is 13.4. The van der Waals surface area contributed by atoms with Gasteiger partial charge in [-0.15, -0.1) is 11.3 Å². The Kier molecular flexibility index (Phi) is 6.57. The number of likely N-dealkylation sites (N-methyl/N-ethyl adjacent to an activating group) is 1. The first kappa shape index (κ1) is 22.8. The number of thiophene rings is 1. The highest BCUT2D eigenvalue weighted by molar-refractivity contribution is 7.93. The maximum atomic E-state index is 13.4. The number of fused-ring (bicyclic) bond motifs is 1. The average Bonchev–Trinajstić information content (AvgIpc) is 3.44. The third kappa shape index (κ3) is 4.41. The quantitative estimate of drug-likeness (QED) is 0.540. The SMILES string of the molecule is CN(C)C(CNC(=O)c1ccc(Cl)c(S(=O)(=O)N2CCc3ccccc32)c1)c1cccs1. The van der Waals surface area contributed by atoms with E-state index in [-0.39, 0.29) is 27.4 Å². The highest BCUT2D eigenvalue weighted by atomic mass is 35.5. The normalized spacial score (nSPS) is 14.4. The second-order valence-electron chi connectivity index (χ2n) is 7.81. The number of carbonyl (C=O) groups is 1. The van der Waals surface area contributed by atoms with Crippen molar-refractivity contribution in [2.24, 2.45) is 0 Å². The van der Waals surface area contributed by atoms with E-state index in [1.54, 1.807) is 23.5 Å². The molecule has 0 fully saturated rings. The van der Waals surface area contributed by atoms with Crippen LogP contribution in [0.2, 0.25) is 5.02 Å². The molecule has 2 heterocycles. The van der Waals surface area contributed by atoms with Crippen LogP contribution in [0.4, 0.5) is 5.69 Å². The number of benzene rings is 2. The van der Waals surface area contributed by atoms with Crippen molar-refractivity contribution in [3.05, 3.63) is 81.0 Å². The van der Waals surface area contributed by atoms with Crippen LogP contribution in [0.5, 0.6) is 0 Å². The number of carbonyl (C=O) groups excluding carboxylic acids is 1. The number of para-hydroxylation sites is 1. The van der Waals surface area contributed by atoms with Crippen molar-refractivity contribution in [1.29, 1.82) is 0 Å². The van der Waals surface area contributed by atoms with Crippen molar-refractivity contribution in [3.8, 4) is 0 Å². The average molecular weight is 490 g/mol. The molecule has 168 valence electrons. The number of nitrogens with zero attached hydrogens (tertiary/aromatic N) is 2. The number of amides is 1. The molecule has 1 amide bonds. The Balaban J connectivity index is 1.57. The number of hydrogen-bond donors (Lipinski definition) is 1. The summed E-state index contributed by atoms with van der Waals surface area (Å²) in [5.74, 6) is -0.344. The molecule has 0 spiro atoms. The van der Waals surface area contributed by atoms with E-state index in [1.165, 1.54) is 16.4 Å². The largest absolute Gasteiger partial charge is 0.350 e. The first-order valence-corrected chi connectivity index (χ1v) is 12.9. The summed E-state index contributed by atoms with van der Waals surface area (Å²) in [6, 6.07) is 15.8. The second kappa shape index (κ2) is 9.23. The molecule has 0 bridgehead atoms. The number of anilines is 1. The minimum Gasteiger partial charge on any atom is -0.350 e. The van der Waals surface area contributed by atoms with E-state index in [4.69, 9.17) is 11.6 Å². The van der Waals surface area contributed by atoms with Gasteiger partial charge >= 0.3 is 0 Å². The summed E-state index contributed by atoms with van der Waals surface area (Å²) < 4.78 is 28.2. The molecule has 2 aromatic carbocycles. The smallest absolute Gasteiger partial charge is 0.265 e. The van der Waals surface area contributed by atoms with E-state index in [2.05, 4.69) is 5.32 Å². The predicted octanol–water partition coefficient (Wildman–Crippen LogP) is 4.19. The molecule has 1 aliphatic rings. The summed E-state index contributed by atoms with van der Waals surface area (Å²) >= 11 is 7.91. The molecule has 1 N–H and O–H groups in total. The van der Waals surface area contributed by atoms with E-state index < -0.39 is 10.0 Å². The number of rotatable bonds is 7. The zero-order chi connectivity index (χ0) is 22.9. The fourth-order valence-corrected chi connectivity index (χ4v) is 6.76. The van der Waals surface area contributed by atoms with Crippen LogP contribution >= 0.6 is 22.9 Å². The van der Waals surface area contributed by atoms with Gasteiger partial charge in [-0.3, -0.25) is 9.10 Å². The molecule has 0 radical (unpaired) electrons. The molecule has 3 aromatic rings. The van der Waals surface area contributed by atoms with E-state index in [0.717, 1.165) is 10.4 Å². The van der Waals surface area contributed by atoms with Gasteiger partial charge in [0.2, 0.25) is 0 Å². The Morgan fingerprint density at radius 1 is 1.19 bits per heavy atom. The summed E-state index contributed by atoms with van der Waals surface area (Å²) in [7, 11) is 0.00737. The topological polar surface area (TPSA) is 69.7 Å². The summed E-state index contributed by atoms with van der Waals surface area (Å²) in [6.07, 6.45) is 0.641. The lowest BCUT2D eigenvalue weighted by molar-refractivity contribution is 0.0942. The van der Waals surface area contributed by atoms with Crippen molar-refractivity contribution >= 4 is 44.6 Å². The molecule has 1 aliphatic heterocycles. The Labute approximate surface area is 197 Å². The number of sulfonamides is 1. The minimum atomic E-state index is -3.90. The van der Waals surface area contributed by atoms with Gasteiger partial charge in [0.05, 0.1) is 16.8 Å². The Morgan fingerprint density at radius 3 is 2.69 bits per heavy atom. The Bertz CT molecular complexity index is 1230.